The van der Waals surface area contributed by atoms with E-state index in [0.29, 0.717) is 13.1 Å². The molecule has 5 heteroatoms. The summed E-state index contributed by atoms with van der Waals surface area (Å²) in [6.07, 6.45) is 0. The van der Waals surface area contributed by atoms with Gasteiger partial charge in [-0.05, 0) is 23.6 Å². The van der Waals surface area contributed by atoms with Gasteiger partial charge in [-0.2, -0.15) is 0 Å². The van der Waals surface area contributed by atoms with Gasteiger partial charge < -0.3 is 10.6 Å². The number of amides is 3. The highest BCUT2D eigenvalue weighted by Gasteiger charge is 2.50. The molecule has 2 aromatic carbocycles. The van der Waals surface area contributed by atoms with Gasteiger partial charge in [-0.15, -0.1) is 0 Å². The first kappa shape index (κ1) is 15.2. The van der Waals surface area contributed by atoms with Crippen LogP contribution in [0.25, 0.3) is 0 Å². The fraction of sp³-hybridized carbons (Fsp3) is 0.222. The lowest BCUT2D eigenvalue weighted by molar-refractivity contribution is -0.126. The molecule has 1 heterocycles. The zero-order chi connectivity index (χ0) is 16.4. The second kappa shape index (κ2) is 5.85. The summed E-state index contributed by atoms with van der Waals surface area (Å²) in [6.45, 7) is 2.58. The first-order valence-corrected chi connectivity index (χ1v) is 7.52. The largest absolute Gasteiger partial charge is 0.326 e. The number of nitrogens with zero attached hydrogens (tertiary/aromatic N) is 1. The maximum absolute atomic E-state index is 12.5. The number of nitrogens with two attached hydrogens (primary N) is 1. The van der Waals surface area contributed by atoms with E-state index in [-0.39, 0.29) is 11.9 Å². The predicted molar refractivity (Wildman–Crippen MR) is 87.2 cm³/mol. The number of carbonyl (C=O) groups is 2. The van der Waals surface area contributed by atoms with Crippen LogP contribution in [0.3, 0.4) is 0 Å². The fourth-order valence-corrected chi connectivity index (χ4v) is 2.86. The predicted octanol–water partition coefficient (Wildman–Crippen LogP) is 2.11. The second-order valence-corrected chi connectivity index (χ2v) is 5.80. The minimum absolute atomic E-state index is 0.307. The van der Waals surface area contributed by atoms with E-state index in [1.807, 2.05) is 54.6 Å². The van der Waals surface area contributed by atoms with Crippen molar-refractivity contribution in [3.63, 3.8) is 0 Å². The monoisotopic (exact) mass is 309 g/mol. The van der Waals surface area contributed by atoms with Gasteiger partial charge in [0.05, 0.1) is 0 Å². The summed E-state index contributed by atoms with van der Waals surface area (Å²) < 4.78 is 0. The Morgan fingerprint density at radius 1 is 1.00 bits per heavy atom. The van der Waals surface area contributed by atoms with E-state index in [1.165, 1.54) is 0 Å². The molecule has 1 unspecified atom stereocenters. The summed E-state index contributed by atoms with van der Waals surface area (Å²) in [5, 5.41) is 2.43. The van der Waals surface area contributed by atoms with Gasteiger partial charge in [-0.1, -0.05) is 54.6 Å². The van der Waals surface area contributed by atoms with Gasteiger partial charge in [0.2, 0.25) is 0 Å². The van der Waals surface area contributed by atoms with Gasteiger partial charge >= 0.3 is 6.03 Å². The molecule has 1 saturated heterocycles. The van der Waals surface area contributed by atoms with E-state index in [1.54, 1.807) is 11.8 Å². The number of rotatable bonds is 4. The Labute approximate surface area is 135 Å². The van der Waals surface area contributed by atoms with Gasteiger partial charge in [0.1, 0.15) is 5.54 Å². The number of carbonyl (C=O) groups excluding carboxylic acids is 2. The number of hydrogen-bond acceptors (Lipinski definition) is 3. The number of benzene rings is 2. The molecule has 2 aromatic rings. The quantitative estimate of drug-likeness (QED) is 0.849. The van der Waals surface area contributed by atoms with Crippen LogP contribution in [0.5, 0.6) is 0 Å². The van der Waals surface area contributed by atoms with Crippen molar-refractivity contribution >= 4 is 11.9 Å². The molecule has 1 aliphatic heterocycles. The van der Waals surface area contributed by atoms with Crippen molar-refractivity contribution in [1.29, 1.82) is 0 Å². The van der Waals surface area contributed by atoms with Crippen molar-refractivity contribution in [3.8, 4) is 0 Å². The van der Waals surface area contributed by atoms with E-state index in [9.17, 15) is 9.59 Å². The van der Waals surface area contributed by atoms with E-state index in [2.05, 4.69) is 5.32 Å². The van der Waals surface area contributed by atoms with Gasteiger partial charge in [-0.25, -0.2) is 4.79 Å². The summed E-state index contributed by atoms with van der Waals surface area (Å²) in [4.78, 5) is 26.3. The highest BCUT2D eigenvalue weighted by atomic mass is 16.2. The van der Waals surface area contributed by atoms with Crippen LogP contribution in [0.4, 0.5) is 4.79 Å². The van der Waals surface area contributed by atoms with Crippen molar-refractivity contribution in [2.45, 2.75) is 25.6 Å². The summed E-state index contributed by atoms with van der Waals surface area (Å²) in [7, 11) is 0. The highest BCUT2D eigenvalue weighted by molar-refractivity contribution is 6.07. The normalized spacial score (nSPS) is 20.7. The molecular formula is C18H19N3O2. The number of urea groups is 1. The molecule has 0 aliphatic carbocycles. The van der Waals surface area contributed by atoms with Crippen LogP contribution < -0.4 is 11.1 Å². The van der Waals surface area contributed by atoms with E-state index >= 15 is 0 Å². The Kier molecular flexibility index (Phi) is 3.88. The lowest BCUT2D eigenvalue weighted by Crippen LogP contribution is -2.43. The average Bonchev–Trinajstić information content (AvgIpc) is 2.80. The topological polar surface area (TPSA) is 75.4 Å². The Hall–Kier alpha value is -2.66. The van der Waals surface area contributed by atoms with Crippen molar-refractivity contribution in [3.05, 3.63) is 71.3 Å². The SMILES string of the molecule is CC1(c2ccc(CN)cc2)C(=O)NC(=O)N1Cc1ccccc1. The second-order valence-electron chi connectivity index (χ2n) is 5.80. The molecular weight excluding hydrogens is 290 g/mol. The molecule has 1 fully saturated rings. The molecule has 118 valence electrons. The fourth-order valence-electron chi connectivity index (χ4n) is 2.86. The first-order valence-electron chi connectivity index (χ1n) is 7.52. The molecule has 23 heavy (non-hydrogen) atoms. The van der Waals surface area contributed by atoms with E-state index in [0.717, 1.165) is 16.7 Å². The van der Waals surface area contributed by atoms with Crippen molar-refractivity contribution in [2.75, 3.05) is 0 Å². The van der Waals surface area contributed by atoms with Crippen LogP contribution in [0, 0.1) is 0 Å². The van der Waals surface area contributed by atoms with E-state index < -0.39 is 5.54 Å². The molecule has 0 spiro atoms. The molecule has 5 nitrogen and oxygen atoms in total. The summed E-state index contributed by atoms with van der Waals surface area (Å²) in [6, 6.07) is 16.7. The third kappa shape index (κ3) is 2.59. The van der Waals surface area contributed by atoms with Crippen LogP contribution >= 0.6 is 0 Å². The first-order chi connectivity index (χ1) is 11.1. The molecule has 3 N–H and O–H groups in total. The zero-order valence-corrected chi connectivity index (χ0v) is 13.0. The Bertz CT molecular complexity index is 728. The van der Waals surface area contributed by atoms with Crippen LogP contribution in [-0.4, -0.2) is 16.8 Å². The molecule has 3 amide bonds. The zero-order valence-electron chi connectivity index (χ0n) is 13.0. The van der Waals surface area contributed by atoms with Crippen molar-refractivity contribution < 1.29 is 9.59 Å². The van der Waals surface area contributed by atoms with Crippen LogP contribution in [0.2, 0.25) is 0 Å². The third-order valence-corrected chi connectivity index (χ3v) is 4.38. The van der Waals surface area contributed by atoms with Gasteiger partial charge in [0, 0.05) is 13.1 Å². The van der Waals surface area contributed by atoms with Gasteiger partial charge in [0.25, 0.3) is 5.91 Å². The molecule has 0 bridgehead atoms. The molecule has 3 rings (SSSR count). The molecule has 0 radical (unpaired) electrons. The maximum atomic E-state index is 12.5. The standard InChI is InChI=1S/C18H19N3O2/c1-18(15-9-7-13(11-19)8-10-15)16(22)20-17(23)21(18)12-14-5-3-2-4-6-14/h2-10H,11-12,19H2,1H3,(H,20,22,23). The molecule has 1 atom stereocenters. The minimum Gasteiger partial charge on any atom is -0.326 e. The van der Waals surface area contributed by atoms with E-state index in [4.69, 9.17) is 5.73 Å². The summed E-state index contributed by atoms with van der Waals surface area (Å²) >= 11 is 0. The highest BCUT2D eigenvalue weighted by Crippen LogP contribution is 2.34. The van der Waals surface area contributed by atoms with Crippen LogP contribution in [-0.2, 0) is 23.4 Å². The van der Waals surface area contributed by atoms with Crippen molar-refractivity contribution in [1.82, 2.24) is 10.2 Å². The molecule has 0 aromatic heterocycles. The van der Waals surface area contributed by atoms with Crippen molar-refractivity contribution in [2.24, 2.45) is 5.73 Å². The Morgan fingerprint density at radius 2 is 1.65 bits per heavy atom. The maximum Gasteiger partial charge on any atom is 0.325 e. The third-order valence-electron chi connectivity index (χ3n) is 4.38. The van der Waals surface area contributed by atoms with Crippen LogP contribution in [0.15, 0.2) is 54.6 Å². The summed E-state index contributed by atoms with van der Waals surface area (Å²) in [5.41, 5.74) is 7.32. The lowest BCUT2D eigenvalue weighted by Gasteiger charge is -2.32. The Balaban J connectivity index is 1.98. The number of imide groups is 1. The number of hydrogen-bond donors (Lipinski definition) is 2. The smallest absolute Gasteiger partial charge is 0.325 e. The molecule has 1 aliphatic rings. The average molecular weight is 309 g/mol. The minimum atomic E-state index is -1.03. The van der Waals surface area contributed by atoms with Crippen LogP contribution in [0.1, 0.15) is 23.6 Å². The lowest BCUT2D eigenvalue weighted by atomic mass is 9.89. The van der Waals surface area contributed by atoms with Gasteiger partial charge in [0.15, 0.2) is 0 Å². The molecule has 0 saturated carbocycles. The number of nitrogens with one attached hydrogen (secondary N) is 1. The Morgan fingerprint density at radius 3 is 2.26 bits per heavy atom. The van der Waals surface area contributed by atoms with Gasteiger partial charge in [-0.3, -0.25) is 10.1 Å². The summed E-state index contributed by atoms with van der Waals surface area (Å²) in [5.74, 6) is -0.307.